The van der Waals surface area contributed by atoms with Crippen LogP contribution >= 0.6 is 0 Å². The van der Waals surface area contributed by atoms with Gasteiger partial charge in [0.1, 0.15) is 13.1 Å². The molecule has 26 heavy (non-hydrogen) atoms. The maximum Gasteiger partial charge on any atom is 0.202 e. The molecule has 0 aromatic heterocycles. The lowest BCUT2D eigenvalue weighted by atomic mass is 10.0. The lowest BCUT2D eigenvalue weighted by Gasteiger charge is -2.36. The number of likely N-dealkylation sites (N-methyl/N-ethyl adjacent to an activating group) is 1. The molecule has 0 amide bonds. The molecule has 1 N–H and O–H groups in total. The summed E-state index contributed by atoms with van der Waals surface area (Å²) in [6, 6.07) is 0. The highest BCUT2D eigenvalue weighted by atomic mass is 16.3. The summed E-state index contributed by atoms with van der Waals surface area (Å²) in [5.74, 6) is 0. The van der Waals surface area contributed by atoms with Crippen LogP contribution in [0.1, 0.15) is 97.3 Å². The van der Waals surface area contributed by atoms with Crippen LogP contribution in [-0.4, -0.2) is 48.2 Å². The summed E-state index contributed by atoms with van der Waals surface area (Å²) < 4.78 is 0.894. The molecule has 3 heteroatoms. The fourth-order valence-electron chi connectivity index (χ4n) is 4.02. The summed E-state index contributed by atoms with van der Waals surface area (Å²) in [4.78, 5) is 4.63. The van der Waals surface area contributed by atoms with E-state index >= 15 is 0 Å². The largest absolute Gasteiger partial charge is 0.391 e. The molecule has 1 aliphatic rings. The monoisotopic (exact) mass is 365 g/mol. The summed E-state index contributed by atoms with van der Waals surface area (Å²) >= 11 is 0. The number of hydrogen-bond acceptors (Lipinski definition) is 2. The first kappa shape index (κ1) is 23.4. The Kier molecular flexibility index (Phi) is 13.8. The normalized spacial score (nSPS) is 22.7. The van der Waals surface area contributed by atoms with Crippen LogP contribution in [-0.2, 0) is 0 Å². The van der Waals surface area contributed by atoms with E-state index in [4.69, 9.17) is 0 Å². The quantitative estimate of drug-likeness (QED) is 0.195. The SMILES string of the molecule is CCCCCCCCCCCCCC/C=C/C1N=CC[N+]1(CC)CCO. The highest BCUT2D eigenvalue weighted by Gasteiger charge is 2.35. The topological polar surface area (TPSA) is 32.6 Å². The average molecular weight is 366 g/mol. The molecule has 0 saturated heterocycles. The summed E-state index contributed by atoms with van der Waals surface area (Å²) in [7, 11) is 0. The molecule has 1 heterocycles. The van der Waals surface area contributed by atoms with Gasteiger partial charge in [-0.1, -0.05) is 83.6 Å². The molecule has 1 rings (SSSR count). The second kappa shape index (κ2) is 15.4. The Morgan fingerprint density at radius 2 is 1.50 bits per heavy atom. The van der Waals surface area contributed by atoms with Crippen molar-refractivity contribution in [3.63, 3.8) is 0 Å². The Hall–Kier alpha value is -0.670. The number of aliphatic imine (C=N–C) groups is 1. The zero-order valence-corrected chi connectivity index (χ0v) is 17.7. The van der Waals surface area contributed by atoms with Crippen LogP contribution in [0.15, 0.2) is 17.1 Å². The molecule has 0 aliphatic carbocycles. The van der Waals surface area contributed by atoms with Gasteiger partial charge in [0, 0.05) is 0 Å². The lowest BCUT2D eigenvalue weighted by Crippen LogP contribution is -2.53. The van der Waals surface area contributed by atoms with Crippen molar-refractivity contribution in [2.75, 3.05) is 26.2 Å². The van der Waals surface area contributed by atoms with Gasteiger partial charge < -0.3 is 5.11 Å². The van der Waals surface area contributed by atoms with Gasteiger partial charge in [-0.3, -0.25) is 4.48 Å². The van der Waals surface area contributed by atoms with Crippen molar-refractivity contribution in [1.82, 2.24) is 0 Å². The lowest BCUT2D eigenvalue weighted by molar-refractivity contribution is -0.929. The van der Waals surface area contributed by atoms with Crippen LogP contribution in [0.2, 0.25) is 0 Å². The molecule has 1 aliphatic heterocycles. The molecule has 0 radical (unpaired) electrons. The van der Waals surface area contributed by atoms with E-state index in [1.807, 2.05) is 6.21 Å². The Morgan fingerprint density at radius 3 is 2.04 bits per heavy atom. The third-order valence-corrected chi connectivity index (χ3v) is 5.97. The van der Waals surface area contributed by atoms with Crippen molar-refractivity contribution in [3.8, 4) is 0 Å². The molecule has 0 saturated carbocycles. The van der Waals surface area contributed by atoms with Crippen molar-refractivity contribution >= 4 is 6.21 Å². The number of hydrogen-bond donors (Lipinski definition) is 1. The molecule has 0 bridgehead atoms. The van der Waals surface area contributed by atoms with Crippen LogP contribution in [0.25, 0.3) is 0 Å². The number of rotatable bonds is 17. The smallest absolute Gasteiger partial charge is 0.202 e. The fourth-order valence-corrected chi connectivity index (χ4v) is 4.02. The molecule has 2 unspecified atom stereocenters. The maximum absolute atomic E-state index is 9.34. The molecule has 0 fully saturated rings. The van der Waals surface area contributed by atoms with Crippen LogP contribution in [0.5, 0.6) is 0 Å². The van der Waals surface area contributed by atoms with Gasteiger partial charge in [0.05, 0.1) is 19.4 Å². The van der Waals surface area contributed by atoms with E-state index in [1.165, 1.54) is 83.5 Å². The van der Waals surface area contributed by atoms with Gasteiger partial charge in [0.15, 0.2) is 0 Å². The summed E-state index contributed by atoms with van der Waals surface area (Å²) in [5.41, 5.74) is 0. The van der Waals surface area contributed by atoms with E-state index in [0.29, 0.717) is 0 Å². The number of unbranched alkanes of at least 4 members (excludes halogenated alkanes) is 12. The van der Waals surface area contributed by atoms with Gasteiger partial charge in [-0.2, -0.15) is 0 Å². The second-order valence-corrected chi connectivity index (χ2v) is 8.02. The molecule has 0 aromatic rings. The zero-order valence-electron chi connectivity index (χ0n) is 17.7. The number of aliphatic hydroxyl groups is 1. The van der Waals surface area contributed by atoms with Crippen molar-refractivity contribution in [2.45, 2.75) is 103 Å². The van der Waals surface area contributed by atoms with Crippen molar-refractivity contribution in [2.24, 2.45) is 4.99 Å². The molecule has 0 aromatic carbocycles. The highest BCUT2D eigenvalue weighted by molar-refractivity contribution is 5.60. The van der Waals surface area contributed by atoms with Gasteiger partial charge in [0.25, 0.3) is 0 Å². The Labute approximate surface area is 163 Å². The predicted octanol–water partition coefficient (Wildman–Crippen LogP) is 5.87. The van der Waals surface area contributed by atoms with Crippen LogP contribution in [0, 0.1) is 0 Å². The van der Waals surface area contributed by atoms with Gasteiger partial charge in [0.2, 0.25) is 6.17 Å². The highest BCUT2D eigenvalue weighted by Crippen LogP contribution is 2.20. The van der Waals surface area contributed by atoms with E-state index < -0.39 is 0 Å². The fraction of sp³-hybridized carbons (Fsp3) is 0.870. The third kappa shape index (κ3) is 9.32. The summed E-state index contributed by atoms with van der Waals surface area (Å²) in [6.07, 6.45) is 24.9. The van der Waals surface area contributed by atoms with Gasteiger partial charge in [-0.15, -0.1) is 0 Å². The Balaban J connectivity index is 1.97. The molecular formula is C23H45N2O+. The van der Waals surface area contributed by atoms with Crippen LogP contribution in [0.3, 0.4) is 0 Å². The van der Waals surface area contributed by atoms with E-state index in [1.54, 1.807) is 0 Å². The zero-order chi connectivity index (χ0) is 18.9. The summed E-state index contributed by atoms with van der Waals surface area (Å²) in [5, 5.41) is 9.34. The number of nitrogens with zero attached hydrogens (tertiary/aromatic N) is 2. The van der Waals surface area contributed by atoms with Crippen LogP contribution < -0.4 is 0 Å². The van der Waals surface area contributed by atoms with Gasteiger partial charge >= 0.3 is 0 Å². The van der Waals surface area contributed by atoms with Crippen molar-refractivity contribution < 1.29 is 9.59 Å². The molecule has 152 valence electrons. The molecule has 0 spiro atoms. The van der Waals surface area contributed by atoms with Gasteiger partial charge in [-0.25, -0.2) is 4.99 Å². The predicted molar refractivity (Wildman–Crippen MR) is 115 cm³/mol. The third-order valence-electron chi connectivity index (χ3n) is 5.97. The van der Waals surface area contributed by atoms with Gasteiger partial charge in [-0.05, 0) is 25.8 Å². The number of aliphatic hydroxyl groups excluding tert-OH is 1. The first-order valence-corrected chi connectivity index (χ1v) is 11.4. The number of quaternary nitrogens is 1. The molecule has 2 atom stereocenters. The second-order valence-electron chi connectivity index (χ2n) is 8.02. The molecule has 3 nitrogen and oxygen atoms in total. The molecular weight excluding hydrogens is 320 g/mol. The Bertz CT molecular complexity index is 380. The number of allylic oxidation sites excluding steroid dienone is 1. The Morgan fingerprint density at radius 1 is 0.923 bits per heavy atom. The van der Waals surface area contributed by atoms with E-state index in [-0.39, 0.29) is 12.8 Å². The van der Waals surface area contributed by atoms with Crippen molar-refractivity contribution in [1.29, 1.82) is 0 Å². The van der Waals surface area contributed by atoms with E-state index in [9.17, 15) is 5.11 Å². The van der Waals surface area contributed by atoms with E-state index in [2.05, 4.69) is 31.0 Å². The summed E-state index contributed by atoms with van der Waals surface area (Å²) in [6.45, 7) is 7.55. The minimum atomic E-state index is 0.226. The average Bonchev–Trinajstić information content (AvgIpc) is 3.05. The van der Waals surface area contributed by atoms with Crippen LogP contribution in [0.4, 0.5) is 0 Å². The minimum Gasteiger partial charge on any atom is -0.391 e. The first-order valence-electron chi connectivity index (χ1n) is 11.4. The minimum absolute atomic E-state index is 0.226. The first-order chi connectivity index (χ1) is 12.8. The van der Waals surface area contributed by atoms with Crippen molar-refractivity contribution in [3.05, 3.63) is 12.2 Å². The van der Waals surface area contributed by atoms with E-state index in [0.717, 1.165) is 24.1 Å². The standard InChI is InChI=1S/C23H45N2O/c1-3-5-6-7-8-9-10-11-12-13-14-15-16-17-18-23-24-19-20-25(23,4-2)21-22-26/h17-19,23,26H,3-16,20-22H2,1-2H3/q+1/b18-17+. The maximum atomic E-state index is 9.34.